The van der Waals surface area contributed by atoms with E-state index in [9.17, 15) is 24.3 Å². The average Bonchev–Trinajstić information content (AvgIpc) is 2.67. The SMILES string of the molecule is Nc1ccn([C@H]2C[C@H](O)[C@@H](COP(=O)([O-])[O-])O2)c(=O)n1.[Na+].[Na+]. The summed E-state index contributed by atoms with van der Waals surface area (Å²) >= 11 is 0. The number of hydrogen-bond acceptors (Lipinski definition) is 9. The average molecular weight is 351 g/mol. The van der Waals surface area contributed by atoms with Crippen molar-refractivity contribution in [2.45, 2.75) is 24.9 Å². The molecule has 2 rings (SSSR count). The van der Waals surface area contributed by atoms with Crippen molar-refractivity contribution < 1.29 is 87.8 Å². The van der Waals surface area contributed by atoms with E-state index in [0.717, 1.165) is 4.57 Å². The molecule has 0 amide bonds. The van der Waals surface area contributed by atoms with E-state index in [-0.39, 0.29) is 71.4 Å². The Hall–Kier alpha value is 0.710. The van der Waals surface area contributed by atoms with Crippen LogP contribution in [0.1, 0.15) is 12.6 Å². The minimum Gasteiger partial charge on any atom is -0.790 e. The van der Waals surface area contributed by atoms with E-state index in [4.69, 9.17) is 10.5 Å². The second kappa shape index (κ2) is 9.26. The Kier molecular flexibility index (Phi) is 9.56. The fourth-order valence-corrected chi connectivity index (χ4v) is 2.18. The molecular formula is C9H12N3Na2O7P. The van der Waals surface area contributed by atoms with E-state index in [1.165, 1.54) is 12.3 Å². The summed E-state index contributed by atoms with van der Waals surface area (Å²) < 4.78 is 20.8. The molecule has 0 saturated carbocycles. The summed E-state index contributed by atoms with van der Waals surface area (Å²) in [4.78, 5) is 35.8. The zero-order chi connectivity index (χ0) is 14.9. The third kappa shape index (κ3) is 6.31. The van der Waals surface area contributed by atoms with Crippen molar-refractivity contribution in [2.75, 3.05) is 12.3 Å². The minimum atomic E-state index is -5.14. The number of rotatable bonds is 4. The van der Waals surface area contributed by atoms with Crippen LogP contribution in [-0.4, -0.2) is 33.5 Å². The van der Waals surface area contributed by atoms with Crippen molar-refractivity contribution in [1.29, 1.82) is 0 Å². The van der Waals surface area contributed by atoms with Crippen molar-refractivity contribution in [1.82, 2.24) is 9.55 Å². The number of nitrogens with two attached hydrogens (primary N) is 1. The number of nitrogens with zero attached hydrogens (tertiary/aromatic N) is 2. The molecule has 0 radical (unpaired) electrons. The van der Waals surface area contributed by atoms with E-state index < -0.39 is 38.6 Å². The molecule has 10 nitrogen and oxygen atoms in total. The van der Waals surface area contributed by atoms with Gasteiger partial charge in [0.25, 0.3) is 0 Å². The van der Waals surface area contributed by atoms with Crippen molar-refractivity contribution in [3.05, 3.63) is 22.7 Å². The molecule has 112 valence electrons. The van der Waals surface area contributed by atoms with Crippen LogP contribution in [-0.2, 0) is 13.8 Å². The molecular weight excluding hydrogens is 339 g/mol. The molecule has 3 atom stereocenters. The van der Waals surface area contributed by atoms with Crippen LogP contribution in [0.25, 0.3) is 0 Å². The third-order valence-electron chi connectivity index (χ3n) is 2.76. The first-order valence-electron chi connectivity index (χ1n) is 5.61. The molecule has 1 aromatic rings. The maximum atomic E-state index is 11.6. The maximum absolute atomic E-state index is 11.6. The van der Waals surface area contributed by atoms with Crippen molar-refractivity contribution in [2.24, 2.45) is 0 Å². The number of nitrogen functional groups attached to an aromatic ring is 1. The Bertz CT molecular complexity index is 595. The maximum Gasteiger partial charge on any atom is 1.00 e. The topological polar surface area (TPSA) is 163 Å². The molecule has 2 heterocycles. The summed E-state index contributed by atoms with van der Waals surface area (Å²) in [7, 11) is -5.14. The van der Waals surface area contributed by atoms with Crippen LogP contribution in [0.2, 0.25) is 0 Å². The summed E-state index contributed by atoms with van der Waals surface area (Å²) in [6.07, 6.45) is -1.56. The molecule has 1 fully saturated rings. The molecule has 3 N–H and O–H groups in total. The third-order valence-corrected chi connectivity index (χ3v) is 3.23. The largest absolute Gasteiger partial charge is 1.00 e. The van der Waals surface area contributed by atoms with Crippen LogP contribution in [0.5, 0.6) is 0 Å². The monoisotopic (exact) mass is 351 g/mol. The number of aliphatic hydroxyl groups is 1. The molecule has 1 aliphatic heterocycles. The Morgan fingerprint density at radius 1 is 1.55 bits per heavy atom. The minimum absolute atomic E-state index is 0. The molecule has 1 aliphatic rings. The number of aliphatic hydroxyl groups excluding tert-OH is 1. The van der Waals surface area contributed by atoms with Crippen LogP contribution >= 0.6 is 7.82 Å². The van der Waals surface area contributed by atoms with E-state index >= 15 is 0 Å². The molecule has 1 saturated heterocycles. The first-order chi connectivity index (χ1) is 9.26. The van der Waals surface area contributed by atoms with Crippen LogP contribution in [0.4, 0.5) is 5.82 Å². The molecule has 22 heavy (non-hydrogen) atoms. The van der Waals surface area contributed by atoms with Crippen LogP contribution in [0.3, 0.4) is 0 Å². The predicted molar refractivity (Wildman–Crippen MR) is 61.0 cm³/mol. The van der Waals surface area contributed by atoms with Gasteiger partial charge in [0, 0.05) is 12.6 Å². The Labute approximate surface area is 169 Å². The number of ether oxygens (including phenoxy) is 1. The summed E-state index contributed by atoms with van der Waals surface area (Å²) in [5.74, 6) is 0.0447. The second-order valence-corrected chi connectivity index (χ2v) is 5.37. The van der Waals surface area contributed by atoms with Gasteiger partial charge in [0.1, 0.15) is 18.1 Å². The molecule has 0 bridgehead atoms. The fraction of sp³-hybridized carbons (Fsp3) is 0.556. The van der Waals surface area contributed by atoms with Crippen molar-refractivity contribution >= 4 is 13.6 Å². The van der Waals surface area contributed by atoms with Gasteiger partial charge in [0.2, 0.25) is 0 Å². The van der Waals surface area contributed by atoms with Gasteiger partial charge < -0.3 is 34.5 Å². The van der Waals surface area contributed by atoms with Gasteiger partial charge in [-0.25, -0.2) is 4.79 Å². The molecule has 1 aromatic heterocycles. The van der Waals surface area contributed by atoms with E-state index in [1.54, 1.807) is 0 Å². The normalized spacial score (nSPS) is 24.4. The van der Waals surface area contributed by atoms with Crippen molar-refractivity contribution in [3.63, 3.8) is 0 Å². The summed E-state index contributed by atoms with van der Waals surface area (Å²) in [5.41, 5.74) is 4.68. The molecule has 0 aromatic carbocycles. The van der Waals surface area contributed by atoms with Gasteiger partial charge in [-0.1, -0.05) is 0 Å². The Morgan fingerprint density at radius 2 is 2.18 bits per heavy atom. The smallest absolute Gasteiger partial charge is 0.790 e. The van der Waals surface area contributed by atoms with E-state index in [1.807, 2.05) is 0 Å². The Morgan fingerprint density at radius 3 is 2.73 bits per heavy atom. The summed E-state index contributed by atoms with van der Waals surface area (Å²) in [5, 5.41) is 9.70. The zero-order valence-corrected chi connectivity index (χ0v) is 17.0. The van der Waals surface area contributed by atoms with Gasteiger partial charge in [-0.3, -0.25) is 4.57 Å². The van der Waals surface area contributed by atoms with Crippen molar-refractivity contribution in [3.8, 4) is 0 Å². The number of phosphoric ester groups is 1. The summed E-state index contributed by atoms with van der Waals surface area (Å²) in [6.45, 7) is -0.612. The van der Waals surface area contributed by atoms with Gasteiger partial charge in [0.05, 0.1) is 20.5 Å². The van der Waals surface area contributed by atoms with Crippen LogP contribution in [0, 0.1) is 0 Å². The second-order valence-electron chi connectivity index (χ2n) is 4.22. The van der Waals surface area contributed by atoms with E-state index in [0.29, 0.717) is 0 Å². The van der Waals surface area contributed by atoms with Gasteiger partial charge in [-0.15, -0.1) is 0 Å². The first-order valence-corrected chi connectivity index (χ1v) is 7.07. The predicted octanol–water partition coefficient (Wildman–Crippen LogP) is -8.67. The molecule has 0 unspecified atom stereocenters. The van der Waals surface area contributed by atoms with Gasteiger partial charge in [-0.05, 0) is 6.07 Å². The van der Waals surface area contributed by atoms with E-state index in [2.05, 4.69) is 9.51 Å². The zero-order valence-electron chi connectivity index (χ0n) is 12.1. The molecule has 0 spiro atoms. The number of hydrogen-bond donors (Lipinski definition) is 2. The van der Waals surface area contributed by atoms with Crippen LogP contribution < -0.4 is 80.3 Å². The Balaban J connectivity index is 0.00000220. The van der Waals surface area contributed by atoms with Gasteiger partial charge >= 0.3 is 64.8 Å². The number of anilines is 1. The number of phosphoric acid groups is 1. The number of aromatic nitrogens is 2. The standard InChI is InChI=1S/C9H14N3O7P.2Na/c10-7-1-2-12(9(14)11-7)8-3-5(13)6(19-8)4-18-20(15,16)17;;/h1-2,5-6,8,13H,3-4H2,(H2,10,11,14)(H2,15,16,17);;/q;2*+1/p-2/t5-,6+,8+;;/m0../s1. The first kappa shape index (κ1) is 22.7. The fourth-order valence-electron chi connectivity index (χ4n) is 1.85. The summed E-state index contributed by atoms with van der Waals surface area (Å²) in [6, 6.07) is 1.38. The van der Waals surface area contributed by atoms with Crippen LogP contribution in [0.15, 0.2) is 17.1 Å². The van der Waals surface area contributed by atoms with Gasteiger partial charge in [-0.2, -0.15) is 4.98 Å². The molecule has 0 aliphatic carbocycles. The molecule has 13 heteroatoms. The van der Waals surface area contributed by atoms with Gasteiger partial charge in [0.15, 0.2) is 0 Å². The quantitative estimate of drug-likeness (QED) is 0.396.